The van der Waals surface area contributed by atoms with Crippen molar-refractivity contribution in [2.45, 2.75) is 45.6 Å². The molecule has 1 atom stereocenters. The lowest BCUT2D eigenvalue weighted by molar-refractivity contribution is 0.164. The summed E-state index contributed by atoms with van der Waals surface area (Å²) < 4.78 is 0. The van der Waals surface area contributed by atoms with Crippen molar-refractivity contribution in [1.29, 1.82) is 0 Å². The minimum absolute atomic E-state index is 0.471. The summed E-state index contributed by atoms with van der Waals surface area (Å²) in [5.41, 5.74) is 1.90. The van der Waals surface area contributed by atoms with E-state index in [-0.39, 0.29) is 0 Å². The van der Waals surface area contributed by atoms with E-state index in [0.717, 1.165) is 10.9 Å². The highest BCUT2D eigenvalue weighted by atomic mass is 35.5. The largest absolute Gasteiger partial charge is 0.313 e. The van der Waals surface area contributed by atoms with Gasteiger partial charge in [0, 0.05) is 11.1 Å². The molecule has 0 radical (unpaired) electrons. The molecule has 1 saturated carbocycles. The van der Waals surface area contributed by atoms with Crippen LogP contribution in [-0.2, 0) is 0 Å². The molecule has 0 bridgehead atoms. The Hall–Kier alpha value is -0.530. The van der Waals surface area contributed by atoms with Crippen LogP contribution in [0.4, 0.5) is 0 Å². The van der Waals surface area contributed by atoms with Crippen molar-refractivity contribution in [2.24, 2.45) is 11.3 Å². The third-order valence-electron chi connectivity index (χ3n) is 4.40. The second-order valence-corrected chi connectivity index (χ2v) is 6.76. The topological polar surface area (TPSA) is 12.0 Å². The molecule has 2 rings (SSSR count). The van der Waals surface area contributed by atoms with Crippen LogP contribution in [0.1, 0.15) is 51.1 Å². The molecule has 0 amide bonds. The maximum Gasteiger partial charge on any atom is 0.0406 e. The van der Waals surface area contributed by atoms with E-state index in [0.29, 0.717) is 11.5 Å². The first kappa shape index (κ1) is 13.9. The van der Waals surface area contributed by atoms with E-state index in [1.807, 2.05) is 12.1 Å². The monoisotopic (exact) mass is 265 g/mol. The molecule has 1 unspecified atom stereocenters. The SMILES string of the molecule is CNC(c1ccc(Cl)cc1)C1CCC(C)(C)CC1. The Morgan fingerprint density at radius 1 is 1.17 bits per heavy atom. The van der Waals surface area contributed by atoms with E-state index in [2.05, 4.69) is 38.3 Å². The first-order valence-corrected chi connectivity index (χ1v) is 7.32. The molecule has 1 aromatic carbocycles. The summed E-state index contributed by atoms with van der Waals surface area (Å²) in [5.74, 6) is 0.754. The first-order valence-electron chi connectivity index (χ1n) is 6.94. The van der Waals surface area contributed by atoms with Crippen LogP contribution in [0.2, 0.25) is 5.02 Å². The molecule has 0 saturated heterocycles. The Morgan fingerprint density at radius 2 is 1.72 bits per heavy atom. The molecule has 0 heterocycles. The van der Waals surface area contributed by atoms with Crippen molar-refractivity contribution < 1.29 is 0 Å². The van der Waals surface area contributed by atoms with Gasteiger partial charge in [-0.1, -0.05) is 37.6 Å². The van der Waals surface area contributed by atoms with Crippen LogP contribution < -0.4 is 5.32 Å². The van der Waals surface area contributed by atoms with E-state index in [4.69, 9.17) is 11.6 Å². The lowest BCUT2D eigenvalue weighted by atomic mass is 9.70. The van der Waals surface area contributed by atoms with Crippen LogP contribution in [0.15, 0.2) is 24.3 Å². The molecule has 1 aliphatic rings. The van der Waals surface area contributed by atoms with Crippen molar-refractivity contribution in [3.8, 4) is 0 Å². The van der Waals surface area contributed by atoms with E-state index in [9.17, 15) is 0 Å². The van der Waals surface area contributed by atoms with Crippen LogP contribution in [0.3, 0.4) is 0 Å². The van der Waals surface area contributed by atoms with Gasteiger partial charge in [-0.3, -0.25) is 0 Å². The second-order valence-electron chi connectivity index (χ2n) is 6.32. The van der Waals surface area contributed by atoms with Gasteiger partial charge < -0.3 is 5.32 Å². The number of hydrogen-bond donors (Lipinski definition) is 1. The van der Waals surface area contributed by atoms with Crippen molar-refractivity contribution in [3.05, 3.63) is 34.9 Å². The van der Waals surface area contributed by atoms with E-state index in [1.54, 1.807) is 0 Å². The molecule has 1 aliphatic carbocycles. The Kier molecular flexibility index (Phi) is 4.34. The van der Waals surface area contributed by atoms with E-state index >= 15 is 0 Å². The molecular weight excluding hydrogens is 242 g/mol. The number of hydrogen-bond acceptors (Lipinski definition) is 1. The zero-order valence-corrected chi connectivity index (χ0v) is 12.4. The summed E-state index contributed by atoms with van der Waals surface area (Å²) in [4.78, 5) is 0. The fourth-order valence-corrected chi connectivity index (χ4v) is 3.23. The Balaban J connectivity index is 2.08. The van der Waals surface area contributed by atoms with Crippen molar-refractivity contribution in [2.75, 3.05) is 7.05 Å². The molecule has 0 aliphatic heterocycles. The minimum atomic E-state index is 0.471. The highest BCUT2D eigenvalue weighted by molar-refractivity contribution is 6.30. The van der Waals surface area contributed by atoms with Crippen LogP contribution in [0.25, 0.3) is 0 Å². The molecule has 0 spiro atoms. The number of benzene rings is 1. The highest BCUT2D eigenvalue weighted by Crippen LogP contribution is 2.42. The van der Waals surface area contributed by atoms with Gasteiger partial charge in [0.1, 0.15) is 0 Å². The third kappa shape index (κ3) is 3.27. The standard InChI is InChI=1S/C16H24ClN/c1-16(2)10-8-13(9-11-16)15(18-3)12-4-6-14(17)7-5-12/h4-7,13,15,18H,8-11H2,1-3H3. The predicted molar refractivity (Wildman–Crippen MR) is 79.0 cm³/mol. The van der Waals surface area contributed by atoms with Crippen LogP contribution >= 0.6 is 11.6 Å². The summed E-state index contributed by atoms with van der Waals surface area (Å²) in [6.45, 7) is 4.78. The number of nitrogens with one attached hydrogen (secondary N) is 1. The van der Waals surface area contributed by atoms with Gasteiger partial charge in [-0.05, 0) is 61.8 Å². The third-order valence-corrected chi connectivity index (χ3v) is 4.65. The van der Waals surface area contributed by atoms with Gasteiger partial charge in [-0.2, -0.15) is 0 Å². The molecule has 100 valence electrons. The molecule has 1 N–H and O–H groups in total. The molecule has 1 fully saturated rings. The Labute approximate surface area is 116 Å². The fraction of sp³-hybridized carbons (Fsp3) is 0.625. The number of halogens is 1. The first-order chi connectivity index (χ1) is 8.52. The minimum Gasteiger partial charge on any atom is -0.313 e. The maximum absolute atomic E-state index is 5.96. The van der Waals surface area contributed by atoms with Gasteiger partial charge in [0.2, 0.25) is 0 Å². The Bertz CT molecular complexity index is 373. The highest BCUT2D eigenvalue weighted by Gasteiger charge is 2.31. The van der Waals surface area contributed by atoms with Gasteiger partial charge in [0.25, 0.3) is 0 Å². The molecular formula is C16H24ClN. The predicted octanol–water partition coefficient (Wildman–Crippen LogP) is 4.82. The fourth-order valence-electron chi connectivity index (χ4n) is 3.10. The summed E-state index contributed by atoms with van der Waals surface area (Å²) >= 11 is 5.96. The normalized spacial score (nSPS) is 21.8. The zero-order valence-electron chi connectivity index (χ0n) is 11.7. The van der Waals surface area contributed by atoms with Crippen molar-refractivity contribution in [1.82, 2.24) is 5.32 Å². The molecule has 18 heavy (non-hydrogen) atoms. The smallest absolute Gasteiger partial charge is 0.0406 e. The van der Waals surface area contributed by atoms with Gasteiger partial charge in [0.05, 0.1) is 0 Å². The zero-order chi connectivity index (χ0) is 13.2. The summed E-state index contributed by atoms with van der Waals surface area (Å²) in [6, 6.07) is 8.77. The van der Waals surface area contributed by atoms with Crippen LogP contribution in [0, 0.1) is 11.3 Å². The summed E-state index contributed by atoms with van der Waals surface area (Å²) in [7, 11) is 2.07. The van der Waals surface area contributed by atoms with Gasteiger partial charge in [-0.25, -0.2) is 0 Å². The lowest BCUT2D eigenvalue weighted by Crippen LogP contribution is -2.31. The average Bonchev–Trinajstić information content (AvgIpc) is 2.34. The molecule has 0 aromatic heterocycles. The molecule has 1 nitrogen and oxygen atoms in total. The number of rotatable bonds is 3. The second kappa shape index (κ2) is 5.63. The average molecular weight is 266 g/mol. The molecule has 1 aromatic rings. The van der Waals surface area contributed by atoms with E-state index < -0.39 is 0 Å². The van der Waals surface area contributed by atoms with Crippen molar-refractivity contribution >= 4 is 11.6 Å². The molecule has 2 heteroatoms. The summed E-state index contributed by atoms with van der Waals surface area (Å²) in [6.07, 6.45) is 5.31. The van der Waals surface area contributed by atoms with Gasteiger partial charge in [-0.15, -0.1) is 0 Å². The van der Waals surface area contributed by atoms with Gasteiger partial charge >= 0.3 is 0 Å². The lowest BCUT2D eigenvalue weighted by Gasteiger charge is -2.38. The quantitative estimate of drug-likeness (QED) is 0.826. The van der Waals surface area contributed by atoms with Crippen LogP contribution in [0.5, 0.6) is 0 Å². The van der Waals surface area contributed by atoms with Gasteiger partial charge in [0.15, 0.2) is 0 Å². The maximum atomic E-state index is 5.96. The van der Waals surface area contributed by atoms with Crippen molar-refractivity contribution in [3.63, 3.8) is 0 Å². The summed E-state index contributed by atoms with van der Waals surface area (Å²) in [5, 5.41) is 4.31. The Morgan fingerprint density at radius 3 is 2.22 bits per heavy atom. The van der Waals surface area contributed by atoms with Crippen LogP contribution in [-0.4, -0.2) is 7.05 Å². The van der Waals surface area contributed by atoms with E-state index in [1.165, 1.54) is 31.2 Å².